The molecule has 0 nitrogen and oxygen atoms in total. The zero-order chi connectivity index (χ0) is 5.28. The third-order valence-electron chi connectivity index (χ3n) is 1.06. The molecule has 0 radical (unpaired) electrons. The lowest BCUT2D eigenvalue weighted by Crippen LogP contribution is -1.87. The molecule has 0 aromatic rings. The van der Waals surface area contributed by atoms with Crippen molar-refractivity contribution in [1.82, 2.24) is 0 Å². The van der Waals surface area contributed by atoms with Gasteiger partial charge in [0, 0.05) is 5.03 Å². The van der Waals surface area contributed by atoms with Crippen molar-refractivity contribution in [3.63, 3.8) is 0 Å². The summed E-state index contributed by atoms with van der Waals surface area (Å²) in [5, 5.41) is 0.934. The molecule has 0 spiro atoms. The van der Waals surface area contributed by atoms with Gasteiger partial charge in [0.2, 0.25) is 0 Å². The number of halogens is 2. The molecule has 1 atom stereocenters. The number of rotatable bonds is 0. The molecule has 1 unspecified atom stereocenters. The van der Waals surface area contributed by atoms with Crippen LogP contribution in [0.2, 0.25) is 0 Å². The second-order valence-electron chi connectivity index (χ2n) is 1.63. The first-order valence-corrected chi connectivity index (χ1v) is 3.12. The third-order valence-corrected chi connectivity index (χ3v) is 2.04. The predicted molar refractivity (Wildman–Crippen MR) is 32.8 cm³/mol. The van der Waals surface area contributed by atoms with Crippen LogP contribution < -0.4 is 0 Å². The smallest absolute Gasteiger partial charge is 0.0692 e. The normalized spacial score (nSPS) is 30.6. The number of hydrogen-bond donors (Lipinski definition) is 0. The first-order chi connectivity index (χ1) is 3.30. The Labute approximate surface area is 53.1 Å². The molecule has 0 bridgehead atoms. The van der Waals surface area contributed by atoms with Gasteiger partial charge in [-0.15, -0.1) is 11.6 Å². The van der Waals surface area contributed by atoms with E-state index in [1.165, 1.54) is 0 Å². The Morgan fingerprint density at radius 1 is 1.71 bits per heavy atom. The highest BCUT2D eigenvalue weighted by Gasteiger charge is 2.12. The number of allylic oxidation sites excluding steroid dienone is 2. The van der Waals surface area contributed by atoms with E-state index in [9.17, 15) is 0 Å². The highest BCUT2D eigenvalue weighted by atomic mass is 35.5. The average molecular weight is 137 g/mol. The van der Waals surface area contributed by atoms with Gasteiger partial charge in [0.05, 0.1) is 5.38 Å². The fourth-order valence-corrected chi connectivity index (χ4v) is 1.07. The first-order valence-electron chi connectivity index (χ1n) is 2.30. The van der Waals surface area contributed by atoms with E-state index in [0.717, 1.165) is 17.9 Å². The molecule has 0 aliphatic heterocycles. The standard InChI is InChI=1S/C5H6Cl2/c6-4-2-1-3-5(4)7/h2,5H,1,3H2. The Kier molecular flexibility index (Phi) is 1.61. The molecule has 1 aliphatic rings. The summed E-state index contributed by atoms with van der Waals surface area (Å²) in [4.78, 5) is 0. The Morgan fingerprint density at radius 2 is 2.43 bits per heavy atom. The molecule has 0 N–H and O–H groups in total. The minimum atomic E-state index is 0.113. The highest BCUT2D eigenvalue weighted by molar-refractivity contribution is 6.37. The van der Waals surface area contributed by atoms with Gasteiger partial charge in [-0.3, -0.25) is 0 Å². The molecule has 0 aromatic carbocycles. The van der Waals surface area contributed by atoms with Crippen molar-refractivity contribution in [1.29, 1.82) is 0 Å². The van der Waals surface area contributed by atoms with E-state index in [2.05, 4.69) is 0 Å². The molecule has 40 valence electrons. The Morgan fingerprint density at radius 3 is 2.57 bits per heavy atom. The van der Waals surface area contributed by atoms with Crippen LogP contribution in [-0.2, 0) is 0 Å². The lowest BCUT2D eigenvalue weighted by molar-refractivity contribution is 0.931. The molecular weight excluding hydrogens is 131 g/mol. The maximum absolute atomic E-state index is 5.66. The van der Waals surface area contributed by atoms with Crippen LogP contribution >= 0.6 is 23.2 Å². The van der Waals surface area contributed by atoms with Gasteiger partial charge < -0.3 is 0 Å². The molecule has 0 saturated carbocycles. The molecule has 2 heteroatoms. The Hall–Kier alpha value is 0.320. The molecule has 0 aromatic heterocycles. The highest BCUT2D eigenvalue weighted by Crippen LogP contribution is 2.26. The predicted octanol–water partition coefficient (Wildman–Crippen LogP) is 2.51. The van der Waals surface area contributed by atoms with Crippen LogP contribution in [0.15, 0.2) is 11.1 Å². The molecular formula is C5H6Cl2. The van der Waals surface area contributed by atoms with E-state index in [-0.39, 0.29) is 5.38 Å². The van der Waals surface area contributed by atoms with Crippen molar-refractivity contribution in [2.75, 3.05) is 0 Å². The third kappa shape index (κ3) is 1.11. The summed E-state index contributed by atoms with van der Waals surface area (Å²) in [5.74, 6) is 0. The second kappa shape index (κ2) is 2.06. The van der Waals surface area contributed by atoms with Crippen molar-refractivity contribution in [3.8, 4) is 0 Å². The summed E-state index contributed by atoms with van der Waals surface area (Å²) < 4.78 is 0. The molecule has 0 amide bonds. The van der Waals surface area contributed by atoms with Gasteiger partial charge in [-0.1, -0.05) is 17.7 Å². The van der Waals surface area contributed by atoms with Gasteiger partial charge >= 0.3 is 0 Å². The Bertz CT molecular complexity index is 96.3. The summed E-state index contributed by atoms with van der Waals surface area (Å²) in [6.45, 7) is 0. The SMILES string of the molecule is ClC1=CCCC1Cl. The van der Waals surface area contributed by atoms with Crippen molar-refractivity contribution >= 4 is 23.2 Å². The molecule has 7 heavy (non-hydrogen) atoms. The van der Waals surface area contributed by atoms with E-state index in [4.69, 9.17) is 23.2 Å². The Balaban J connectivity index is 2.54. The maximum Gasteiger partial charge on any atom is 0.0692 e. The lowest BCUT2D eigenvalue weighted by atomic mass is 10.4. The fraction of sp³-hybridized carbons (Fsp3) is 0.600. The lowest BCUT2D eigenvalue weighted by Gasteiger charge is -1.93. The van der Waals surface area contributed by atoms with Crippen LogP contribution in [0.1, 0.15) is 12.8 Å². The largest absolute Gasteiger partial charge is 0.117 e. The van der Waals surface area contributed by atoms with Crippen LogP contribution in [0.4, 0.5) is 0 Å². The van der Waals surface area contributed by atoms with E-state index >= 15 is 0 Å². The molecule has 1 aliphatic carbocycles. The summed E-state index contributed by atoms with van der Waals surface area (Å²) in [6, 6.07) is 0. The van der Waals surface area contributed by atoms with Gasteiger partial charge in [-0.2, -0.15) is 0 Å². The van der Waals surface area contributed by atoms with Gasteiger partial charge in [0.25, 0.3) is 0 Å². The topological polar surface area (TPSA) is 0 Å². The summed E-state index contributed by atoms with van der Waals surface area (Å²) in [6.07, 6.45) is 4.03. The summed E-state index contributed by atoms with van der Waals surface area (Å²) in [7, 11) is 0. The summed E-state index contributed by atoms with van der Waals surface area (Å²) in [5.41, 5.74) is 0. The average Bonchev–Trinajstić information content (AvgIpc) is 1.91. The van der Waals surface area contributed by atoms with Gasteiger partial charge in [0.1, 0.15) is 0 Å². The monoisotopic (exact) mass is 136 g/mol. The number of alkyl halides is 1. The van der Waals surface area contributed by atoms with Crippen molar-refractivity contribution < 1.29 is 0 Å². The maximum atomic E-state index is 5.66. The molecule has 0 heterocycles. The van der Waals surface area contributed by atoms with Gasteiger partial charge in [-0.05, 0) is 12.8 Å². The van der Waals surface area contributed by atoms with Crippen LogP contribution in [0, 0.1) is 0 Å². The second-order valence-corrected chi connectivity index (χ2v) is 2.60. The fourth-order valence-electron chi connectivity index (χ4n) is 0.633. The van der Waals surface area contributed by atoms with E-state index in [1.807, 2.05) is 6.08 Å². The first kappa shape index (κ1) is 5.46. The van der Waals surface area contributed by atoms with Crippen molar-refractivity contribution in [2.24, 2.45) is 0 Å². The van der Waals surface area contributed by atoms with E-state index < -0.39 is 0 Å². The molecule has 1 rings (SSSR count). The van der Waals surface area contributed by atoms with Crippen LogP contribution in [-0.4, -0.2) is 5.38 Å². The summed E-state index contributed by atoms with van der Waals surface area (Å²) >= 11 is 11.3. The van der Waals surface area contributed by atoms with Crippen LogP contribution in [0.5, 0.6) is 0 Å². The van der Waals surface area contributed by atoms with Gasteiger partial charge in [-0.25, -0.2) is 0 Å². The zero-order valence-corrected chi connectivity index (χ0v) is 5.34. The molecule has 0 fully saturated rings. The number of hydrogen-bond acceptors (Lipinski definition) is 0. The van der Waals surface area contributed by atoms with Gasteiger partial charge in [0.15, 0.2) is 0 Å². The minimum absolute atomic E-state index is 0.113. The molecule has 0 saturated heterocycles. The minimum Gasteiger partial charge on any atom is -0.117 e. The van der Waals surface area contributed by atoms with E-state index in [1.54, 1.807) is 0 Å². The quantitative estimate of drug-likeness (QED) is 0.450. The van der Waals surface area contributed by atoms with Crippen LogP contribution in [0.3, 0.4) is 0 Å². The zero-order valence-electron chi connectivity index (χ0n) is 3.82. The van der Waals surface area contributed by atoms with Crippen molar-refractivity contribution in [3.05, 3.63) is 11.1 Å². The van der Waals surface area contributed by atoms with Crippen LogP contribution in [0.25, 0.3) is 0 Å². The van der Waals surface area contributed by atoms with Crippen molar-refractivity contribution in [2.45, 2.75) is 18.2 Å². The van der Waals surface area contributed by atoms with E-state index in [0.29, 0.717) is 0 Å².